The van der Waals surface area contributed by atoms with Crippen molar-refractivity contribution < 1.29 is 0 Å². The van der Waals surface area contributed by atoms with Crippen molar-refractivity contribution in [2.75, 3.05) is 5.75 Å². The predicted molar refractivity (Wildman–Crippen MR) is 62.1 cm³/mol. The summed E-state index contributed by atoms with van der Waals surface area (Å²) in [5, 5.41) is 0.837. The van der Waals surface area contributed by atoms with Crippen molar-refractivity contribution >= 4 is 11.8 Å². The number of thioether (sulfide) groups is 1. The lowest BCUT2D eigenvalue weighted by atomic mass is 10.1. The second-order valence-electron chi connectivity index (χ2n) is 4.49. The smallest absolute Gasteiger partial charge is 0.00881 e. The highest BCUT2D eigenvalue weighted by molar-refractivity contribution is 7.99. The van der Waals surface area contributed by atoms with Crippen LogP contribution in [0.25, 0.3) is 0 Å². The van der Waals surface area contributed by atoms with Gasteiger partial charge in [-0.2, -0.15) is 11.8 Å². The molecular formula is C11H23NS. The third-order valence-corrected chi connectivity index (χ3v) is 5.19. The quantitative estimate of drug-likeness (QED) is 0.757. The Hall–Kier alpha value is 0.310. The molecule has 1 fully saturated rings. The highest BCUT2D eigenvalue weighted by Crippen LogP contribution is 2.35. The van der Waals surface area contributed by atoms with Gasteiger partial charge < -0.3 is 5.73 Å². The maximum absolute atomic E-state index is 5.99. The van der Waals surface area contributed by atoms with Crippen LogP contribution in [0.4, 0.5) is 0 Å². The van der Waals surface area contributed by atoms with Crippen LogP contribution in [-0.4, -0.2) is 17.0 Å². The molecule has 78 valence electrons. The molecule has 0 aromatic rings. The summed E-state index contributed by atoms with van der Waals surface area (Å²) < 4.78 is 0. The van der Waals surface area contributed by atoms with E-state index >= 15 is 0 Å². The minimum Gasteiger partial charge on any atom is -0.327 e. The predicted octanol–water partition coefficient (Wildman–Crippen LogP) is 2.89. The first kappa shape index (κ1) is 11.4. The Kier molecular flexibility index (Phi) is 4.60. The lowest BCUT2D eigenvalue weighted by Gasteiger charge is -2.19. The van der Waals surface area contributed by atoms with E-state index in [1.165, 1.54) is 25.0 Å². The molecule has 13 heavy (non-hydrogen) atoms. The van der Waals surface area contributed by atoms with Gasteiger partial charge in [-0.05, 0) is 30.4 Å². The average molecular weight is 201 g/mol. The van der Waals surface area contributed by atoms with Crippen LogP contribution >= 0.6 is 11.8 Å². The molecular weight excluding hydrogens is 178 g/mol. The van der Waals surface area contributed by atoms with Gasteiger partial charge in [0, 0.05) is 11.3 Å². The molecule has 1 rings (SSSR count). The molecule has 0 aromatic heterocycles. The summed E-state index contributed by atoms with van der Waals surface area (Å²) in [5.41, 5.74) is 5.99. The molecule has 1 aliphatic rings. The number of hydrogen-bond donors (Lipinski definition) is 1. The number of rotatable bonds is 4. The van der Waals surface area contributed by atoms with Gasteiger partial charge in [0.15, 0.2) is 0 Å². The summed E-state index contributed by atoms with van der Waals surface area (Å²) in [6, 6.07) is 0.467. The van der Waals surface area contributed by atoms with E-state index in [1.807, 2.05) is 0 Å². The lowest BCUT2D eigenvalue weighted by Crippen LogP contribution is -2.26. The molecule has 4 atom stereocenters. The van der Waals surface area contributed by atoms with Gasteiger partial charge in [-0.3, -0.25) is 0 Å². The Morgan fingerprint density at radius 1 is 1.46 bits per heavy atom. The van der Waals surface area contributed by atoms with Crippen molar-refractivity contribution in [1.29, 1.82) is 0 Å². The number of hydrogen-bond acceptors (Lipinski definition) is 2. The summed E-state index contributed by atoms with van der Waals surface area (Å²) in [6.45, 7) is 6.92. The molecule has 0 spiro atoms. The summed E-state index contributed by atoms with van der Waals surface area (Å²) in [7, 11) is 0. The first-order chi connectivity index (χ1) is 6.15. The van der Waals surface area contributed by atoms with E-state index in [0.717, 1.165) is 17.1 Å². The Morgan fingerprint density at radius 3 is 2.62 bits per heavy atom. The van der Waals surface area contributed by atoms with Gasteiger partial charge in [-0.25, -0.2) is 0 Å². The SMILES string of the molecule is CCC(C)CSC1CCC(N)C1C. The minimum absolute atomic E-state index is 0.467. The molecule has 2 heteroatoms. The zero-order chi connectivity index (χ0) is 9.84. The molecule has 1 saturated carbocycles. The maximum atomic E-state index is 5.99. The fourth-order valence-corrected chi connectivity index (χ4v) is 3.42. The monoisotopic (exact) mass is 201 g/mol. The molecule has 0 radical (unpaired) electrons. The Labute approximate surface area is 86.8 Å². The second-order valence-corrected chi connectivity index (χ2v) is 5.76. The number of nitrogens with two attached hydrogens (primary N) is 1. The van der Waals surface area contributed by atoms with Crippen molar-refractivity contribution in [1.82, 2.24) is 0 Å². The Bertz CT molecular complexity index is 149. The molecule has 0 bridgehead atoms. The molecule has 4 unspecified atom stereocenters. The standard InChI is InChI=1S/C11H23NS/c1-4-8(2)7-13-11-6-5-10(12)9(11)3/h8-11H,4-7,12H2,1-3H3. The normalized spacial score (nSPS) is 36.5. The third kappa shape index (κ3) is 3.17. The van der Waals surface area contributed by atoms with E-state index < -0.39 is 0 Å². The van der Waals surface area contributed by atoms with Gasteiger partial charge >= 0.3 is 0 Å². The van der Waals surface area contributed by atoms with Crippen LogP contribution in [0.5, 0.6) is 0 Å². The maximum Gasteiger partial charge on any atom is 0.00881 e. The zero-order valence-electron chi connectivity index (χ0n) is 9.12. The Morgan fingerprint density at radius 2 is 2.15 bits per heavy atom. The topological polar surface area (TPSA) is 26.0 Å². The van der Waals surface area contributed by atoms with Gasteiger partial charge in [0.05, 0.1) is 0 Å². The van der Waals surface area contributed by atoms with E-state index in [2.05, 4.69) is 32.5 Å². The van der Waals surface area contributed by atoms with Crippen LogP contribution in [0.3, 0.4) is 0 Å². The molecule has 0 aliphatic heterocycles. The van der Waals surface area contributed by atoms with Crippen LogP contribution in [-0.2, 0) is 0 Å². The van der Waals surface area contributed by atoms with Gasteiger partial charge in [-0.15, -0.1) is 0 Å². The van der Waals surface area contributed by atoms with E-state index in [0.29, 0.717) is 6.04 Å². The summed E-state index contributed by atoms with van der Waals surface area (Å²) in [5.74, 6) is 2.92. The molecule has 0 heterocycles. The van der Waals surface area contributed by atoms with Crippen LogP contribution in [0.2, 0.25) is 0 Å². The van der Waals surface area contributed by atoms with Crippen LogP contribution < -0.4 is 5.73 Å². The fourth-order valence-electron chi connectivity index (χ4n) is 1.80. The first-order valence-electron chi connectivity index (χ1n) is 5.52. The van der Waals surface area contributed by atoms with Crippen molar-refractivity contribution in [3.63, 3.8) is 0 Å². The molecule has 2 N–H and O–H groups in total. The molecule has 0 aromatic carbocycles. The summed E-state index contributed by atoms with van der Waals surface area (Å²) in [4.78, 5) is 0. The van der Waals surface area contributed by atoms with Crippen LogP contribution in [0.15, 0.2) is 0 Å². The van der Waals surface area contributed by atoms with Crippen LogP contribution in [0, 0.1) is 11.8 Å². The Balaban J connectivity index is 2.22. The van der Waals surface area contributed by atoms with Gasteiger partial charge in [0.25, 0.3) is 0 Å². The molecule has 1 nitrogen and oxygen atoms in total. The van der Waals surface area contributed by atoms with Gasteiger partial charge in [0.1, 0.15) is 0 Å². The molecule has 0 amide bonds. The van der Waals surface area contributed by atoms with Crippen molar-refractivity contribution in [2.45, 2.75) is 51.3 Å². The second kappa shape index (κ2) is 5.26. The molecule has 1 aliphatic carbocycles. The van der Waals surface area contributed by atoms with Crippen molar-refractivity contribution in [3.8, 4) is 0 Å². The summed E-state index contributed by atoms with van der Waals surface area (Å²) in [6.07, 6.45) is 3.88. The molecule has 0 saturated heterocycles. The zero-order valence-corrected chi connectivity index (χ0v) is 9.94. The first-order valence-corrected chi connectivity index (χ1v) is 6.57. The van der Waals surface area contributed by atoms with Gasteiger partial charge in [-0.1, -0.05) is 27.2 Å². The van der Waals surface area contributed by atoms with E-state index in [9.17, 15) is 0 Å². The largest absolute Gasteiger partial charge is 0.327 e. The van der Waals surface area contributed by atoms with Gasteiger partial charge in [0.2, 0.25) is 0 Å². The minimum atomic E-state index is 0.467. The van der Waals surface area contributed by atoms with Crippen LogP contribution in [0.1, 0.15) is 40.0 Å². The van der Waals surface area contributed by atoms with Crippen molar-refractivity contribution in [3.05, 3.63) is 0 Å². The summed E-state index contributed by atoms with van der Waals surface area (Å²) >= 11 is 2.15. The highest BCUT2D eigenvalue weighted by Gasteiger charge is 2.30. The van der Waals surface area contributed by atoms with Crippen molar-refractivity contribution in [2.24, 2.45) is 17.6 Å². The van der Waals surface area contributed by atoms with E-state index in [1.54, 1.807) is 0 Å². The third-order valence-electron chi connectivity index (χ3n) is 3.34. The highest BCUT2D eigenvalue weighted by atomic mass is 32.2. The fraction of sp³-hybridized carbons (Fsp3) is 1.00. The lowest BCUT2D eigenvalue weighted by molar-refractivity contribution is 0.533. The average Bonchev–Trinajstić information content (AvgIpc) is 2.44. The van der Waals surface area contributed by atoms with E-state index in [-0.39, 0.29) is 0 Å². The van der Waals surface area contributed by atoms with E-state index in [4.69, 9.17) is 5.73 Å².